The largest absolute Gasteiger partial charge is 0.508 e. The van der Waals surface area contributed by atoms with Crippen molar-refractivity contribution in [1.29, 1.82) is 0 Å². The van der Waals surface area contributed by atoms with Crippen LogP contribution in [0.15, 0.2) is 24.3 Å². The monoisotopic (exact) mass is 219 g/mol. The van der Waals surface area contributed by atoms with Crippen LogP contribution in [0.4, 0.5) is 11.6 Å². The van der Waals surface area contributed by atoms with Crippen molar-refractivity contribution in [2.24, 2.45) is 0 Å². The fourth-order valence-corrected chi connectivity index (χ4v) is 1.15. The Morgan fingerprint density at radius 1 is 1.50 bits per heavy atom. The number of nitrogen functional groups attached to an aromatic ring is 1. The molecular formula is C9H9N5O2. The minimum Gasteiger partial charge on any atom is -0.508 e. The van der Waals surface area contributed by atoms with Gasteiger partial charge in [0.15, 0.2) is 0 Å². The molecule has 0 aliphatic carbocycles. The fraction of sp³-hybridized carbons (Fsp3) is 0. The Morgan fingerprint density at radius 3 is 2.94 bits per heavy atom. The van der Waals surface area contributed by atoms with Crippen LogP contribution in [0.1, 0.15) is 10.6 Å². The number of anilines is 2. The lowest BCUT2D eigenvalue weighted by Crippen LogP contribution is -2.13. The number of carbonyl (C=O) groups excluding carboxylic acids is 1. The molecule has 2 rings (SSSR count). The Balaban J connectivity index is 2.13. The van der Waals surface area contributed by atoms with E-state index in [1.54, 1.807) is 12.1 Å². The normalized spacial score (nSPS) is 10.0. The number of phenols is 1. The highest BCUT2D eigenvalue weighted by atomic mass is 16.3. The number of hydrogen-bond acceptors (Lipinski definition) is 5. The molecule has 0 bridgehead atoms. The van der Waals surface area contributed by atoms with Crippen LogP contribution in [-0.4, -0.2) is 26.2 Å². The molecule has 0 unspecified atom stereocenters. The second-order valence-electron chi connectivity index (χ2n) is 3.05. The second kappa shape index (κ2) is 3.89. The molecule has 0 spiro atoms. The summed E-state index contributed by atoms with van der Waals surface area (Å²) in [5.74, 6) is -0.397. The van der Waals surface area contributed by atoms with Gasteiger partial charge >= 0.3 is 0 Å². The van der Waals surface area contributed by atoms with Crippen molar-refractivity contribution < 1.29 is 9.90 Å². The molecule has 1 aromatic heterocycles. The standard InChI is InChI=1S/C9H9N5O2/c10-9-12-7(13-14-9)8(16)11-5-2-1-3-6(15)4-5/h1-4,15H,(H,11,16)(H3,10,12,13,14). The number of amides is 1. The molecule has 0 atom stereocenters. The summed E-state index contributed by atoms with van der Waals surface area (Å²) in [6.45, 7) is 0. The number of carbonyl (C=O) groups is 1. The second-order valence-corrected chi connectivity index (χ2v) is 3.05. The molecule has 1 heterocycles. The van der Waals surface area contributed by atoms with Gasteiger partial charge in [-0.2, -0.15) is 4.98 Å². The third-order valence-corrected chi connectivity index (χ3v) is 1.82. The molecule has 82 valence electrons. The number of rotatable bonds is 2. The van der Waals surface area contributed by atoms with Crippen LogP contribution in [-0.2, 0) is 0 Å². The third-order valence-electron chi connectivity index (χ3n) is 1.82. The van der Waals surface area contributed by atoms with Crippen molar-refractivity contribution in [3.63, 3.8) is 0 Å². The molecule has 1 amide bonds. The Kier molecular flexibility index (Phi) is 2.42. The number of nitrogens with two attached hydrogens (primary N) is 1. The summed E-state index contributed by atoms with van der Waals surface area (Å²) in [5, 5.41) is 17.6. The zero-order valence-corrected chi connectivity index (χ0v) is 8.14. The van der Waals surface area contributed by atoms with Crippen LogP contribution >= 0.6 is 0 Å². The highest BCUT2D eigenvalue weighted by Gasteiger charge is 2.10. The highest BCUT2D eigenvalue weighted by Crippen LogP contribution is 2.15. The van der Waals surface area contributed by atoms with Gasteiger partial charge < -0.3 is 16.2 Å². The van der Waals surface area contributed by atoms with E-state index in [0.29, 0.717) is 5.69 Å². The lowest BCUT2D eigenvalue weighted by Gasteiger charge is -2.02. The topological polar surface area (TPSA) is 117 Å². The number of benzene rings is 1. The summed E-state index contributed by atoms with van der Waals surface area (Å²) >= 11 is 0. The summed E-state index contributed by atoms with van der Waals surface area (Å²) < 4.78 is 0. The van der Waals surface area contributed by atoms with Crippen LogP contribution < -0.4 is 11.1 Å². The maximum atomic E-state index is 11.6. The maximum absolute atomic E-state index is 11.6. The van der Waals surface area contributed by atoms with Gasteiger partial charge in [-0.3, -0.25) is 9.89 Å². The van der Waals surface area contributed by atoms with Gasteiger partial charge in [-0.15, -0.1) is 5.10 Å². The number of aromatic hydroxyl groups is 1. The molecule has 7 heteroatoms. The zero-order valence-electron chi connectivity index (χ0n) is 8.14. The minimum absolute atomic E-state index is 0.000980. The van der Waals surface area contributed by atoms with Crippen molar-refractivity contribution in [1.82, 2.24) is 15.2 Å². The molecule has 7 nitrogen and oxygen atoms in total. The first-order valence-electron chi connectivity index (χ1n) is 4.43. The van der Waals surface area contributed by atoms with E-state index in [-0.39, 0.29) is 17.5 Å². The van der Waals surface area contributed by atoms with Gasteiger partial charge in [0, 0.05) is 11.8 Å². The SMILES string of the molecule is Nc1n[nH]c(C(=O)Nc2cccc(O)c2)n1. The van der Waals surface area contributed by atoms with E-state index in [0.717, 1.165) is 0 Å². The minimum atomic E-state index is -0.477. The van der Waals surface area contributed by atoms with Crippen LogP contribution in [0, 0.1) is 0 Å². The fourth-order valence-electron chi connectivity index (χ4n) is 1.15. The average molecular weight is 219 g/mol. The molecule has 0 radical (unpaired) electrons. The van der Waals surface area contributed by atoms with Gasteiger partial charge in [0.1, 0.15) is 5.75 Å². The first-order valence-corrected chi connectivity index (χ1v) is 4.43. The van der Waals surface area contributed by atoms with E-state index in [1.165, 1.54) is 12.1 Å². The van der Waals surface area contributed by atoms with Crippen molar-refractivity contribution in [2.45, 2.75) is 0 Å². The Hall–Kier alpha value is -2.57. The van der Waals surface area contributed by atoms with Crippen molar-refractivity contribution >= 4 is 17.5 Å². The molecule has 2 aromatic rings. The van der Waals surface area contributed by atoms with Crippen LogP contribution in [0.3, 0.4) is 0 Å². The average Bonchev–Trinajstić information content (AvgIpc) is 2.65. The predicted octanol–water partition coefficient (Wildman–Crippen LogP) is 0.345. The van der Waals surface area contributed by atoms with E-state index in [4.69, 9.17) is 5.73 Å². The lowest BCUT2D eigenvalue weighted by molar-refractivity contribution is 0.101. The predicted molar refractivity (Wildman–Crippen MR) is 56.9 cm³/mol. The van der Waals surface area contributed by atoms with E-state index in [9.17, 15) is 9.90 Å². The van der Waals surface area contributed by atoms with Gasteiger partial charge in [-0.25, -0.2) is 0 Å². The number of aromatic nitrogens is 3. The molecular weight excluding hydrogens is 210 g/mol. The molecule has 5 N–H and O–H groups in total. The number of nitrogens with one attached hydrogen (secondary N) is 2. The summed E-state index contributed by atoms with van der Waals surface area (Å²) in [4.78, 5) is 15.2. The van der Waals surface area contributed by atoms with Gasteiger partial charge in [0.2, 0.25) is 11.8 Å². The Morgan fingerprint density at radius 2 is 2.31 bits per heavy atom. The van der Waals surface area contributed by atoms with Crippen LogP contribution in [0.2, 0.25) is 0 Å². The van der Waals surface area contributed by atoms with Gasteiger partial charge in [0.05, 0.1) is 0 Å². The molecule has 0 aliphatic heterocycles. The smallest absolute Gasteiger partial charge is 0.293 e. The lowest BCUT2D eigenvalue weighted by atomic mass is 10.3. The summed E-state index contributed by atoms with van der Waals surface area (Å²) in [5.41, 5.74) is 5.72. The van der Waals surface area contributed by atoms with Crippen molar-refractivity contribution in [2.75, 3.05) is 11.1 Å². The summed E-state index contributed by atoms with van der Waals surface area (Å²) in [6, 6.07) is 6.16. The van der Waals surface area contributed by atoms with Crippen molar-refractivity contribution in [3.05, 3.63) is 30.1 Å². The molecule has 0 saturated heterocycles. The molecule has 0 fully saturated rings. The number of phenolic OH excluding ortho intramolecular Hbond substituents is 1. The highest BCUT2D eigenvalue weighted by molar-refractivity contribution is 6.01. The first kappa shape index (κ1) is 9.97. The number of hydrogen-bond donors (Lipinski definition) is 4. The van der Waals surface area contributed by atoms with Gasteiger partial charge in [0.25, 0.3) is 5.91 Å². The molecule has 1 aromatic carbocycles. The number of nitrogens with zero attached hydrogens (tertiary/aromatic N) is 2. The first-order chi connectivity index (χ1) is 7.65. The molecule has 16 heavy (non-hydrogen) atoms. The number of H-pyrrole nitrogens is 1. The summed E-state index contributed by atoms with van der Waals surface area (Å²) in [6.07, 6.45) is 0. The third kappa shape index (κ3) is 2.08. The summed E-state index contributed by atoms with van der Waals surface area (Å²) in [7, 11) is 0. The maximum Gasteiger partial charge on any atom is 0.293 e. The van der Waals surface area contributed by atoms with Crippen molar-refractivity contribution in [3.8, 4) is 5.75 Å². The molecule has 0 aliphatic rings. The van der Waals surface area contributed by atoms with E-state index in [2.05, 4.69) is 20.5 Å². The van der Waals surface area contributed by atoms with E-state index < -0.39 is 5.91 Å². The quantitative estimate of drug-likeness (QED) is 0.581. The van der Waals surface area contributed by atoms with Crippen LogP contribution in [0.25, 0.3) is 0 Å². The zero-order chi connectivity index (χ0) is 11.5. The van der Waals surface area contributed by atoms with Gasteiger partial charge in [-0.05, 0) is 12.1 Å². The van der Waals surface area contributed by atoms with E-state index in [1.807, 2.05) is 0 Å². The van der Waals surface area contributed by atoms with Gasteiger partial charge in [-0.1, -0.05) is 6.07 Å². The van der Waals surface area contributed by atoms with E-state index >= 15 is 0 Å². The molecule has 0 saturated carbocycles. The Labute approximate surface area is 90.3 Å². The number of aromatic amines is 1. The Bertz CT molecular complexity index is 522. The van der Waals surface area contributed by atoms with Crippen LogP contribution in [0.5, 0.6) is 5.75 Å².